The van der Waals surface area contributed by atoms with Crippen LogP contribution in [0, 0.1) is 0 Å². The van der Waals surface area contributed by atoms with Crippen molar-refractivity contribution in [2.45, 2.75) is 74.5 Å². The van der Waals surface area contributed by atoms with Gasteiger partial charge in [-0.15, -0.1) is 0 Å². The standard InChI is InChI=1S/C44H69F13O14/c1-2-3-4-5-38(36-6-8-37(9-7-36)39(45,46)40(47,48)41(49,50)42(51,52)43(53,54)44(55,56)57)71-35-34-70-33-32-69-31-30-68-29-28-67-27-26-66-25-24-65-23-22-64-21-20-63-19-18-62-17-16-61-15-14-60-13-12-59-11-10-58/h6-9,38,58H,2-5,10-35H2,1H3. The van der Waals surface area contributed by atoms with Crippen LogP contribution in [-0.2, 0) is 67.5 Å². The molecule has 1 rings (SSSR count). The van der Waals surface area contributed by atoms with E-state index in [1.807, 2.05) is 6.92 Å². The number of benzene rings is 1. The van der Waals surface area contributed by atoms with Crippen molar-refractivity contribution >= 4 is 0 Å². The Hall–Kier alpha value is -2.25. The van der Waals surface area contributed by atoms with Crippen LogP contribution in [0.3, 0.4) is 0 Å². The third-order valence-corrected chi connectivity index (χ3v) is 9.52. The Labute approximate surface area is 405 Å². The number of ether oxygens (including phenoxy) is 13. The van der Waals surface area contributed by atoms with Gasteiger partial charge >= 0.3 is 35.8 Å². The molecule has 0 aliphatic carbocycles. The number of alkyl halides is 13. The van der Waals surface area contributed by atoms with Crippen molar-refractivity contribution in [3.63, 3.8) is 0 Å². The van der Waals surface area contributed by atoms with Gasteiger partial charge in [0.1, 0.15) is 0 Å². The van der Waals surface area contributed by atoms with Gasteiger partial charge in [-0.1, -0.05) is 50.5 Å². The molecule has 0 saturated carbocycles. The zero-order chi connectivity index (χ0) is 53.0. The molecule has 0 radical (unpaired) electrons. The van der Waals surface area contributed by atoms with Gasteiger partial charge in [-0.25, -0.2) is 0 Å². The van der Waals surface area contributed by atoms with E-state index in [0.29, 0.717) is 138 Å². The van der Waals surface area contributed by atoms with E-state index >= 15 is 0 Å². The highest BCUT2D eigenvalue weighted by atomic mass is 19.4. The minimum Gasteiger partial charge on any atom is -0.394 e. The van der Waals surface area contributed by atoms with Crippen LogP contribution in [-0.4, -0.2) is 207 Å². The molecule has 0 spiro atoms. The average molecular weight is 1070 g/mol. The molecular weight excluding hydrogens is 999 g/mol. The van der Waals surface area contributed by atoms with Crippen molar-refractivity contribution in [1.29, 1.82) is 0 Å². The number of aliphatic hydroxyl groups excluding tert-OH is 1. The van der Waals surface area contributed by atoms with Crippen molar-refractivity contribution in [2.75, 3.05) is 172 Å². The Bertz CT molecular complexity index is 1420. The Morgan fingerprint density at radius 3 is 0.930 bits per heavy atom. The molecule has 1 aromatic rings. The van der Waals surface area contributed by atoms with E-state index in [1.165, 1.54) is 0 Å². The van der Waals surface area contributed by atoms with Crippen molar-refractivity contribution < 1.29 is 124 Å². The molecule has 0 saturated heterocycles. The van der Waals surface area contributed by atoms with Gasteiger partial charge < -0.3 is 66.7 Å². The van der Waals surface area contributed by atoms with Gasteiger partial charge in [-0.2, -0.15) is 57.1 Å². The van der Waals surface area contributed by atoms with Gasteiger partial charge in [0.25, 0.3) is 0 Å². The fourth-order valence-corrected chi connectivity index (χ4v) is 5.62. The maximum absolute atomic E-state index is 14.7. The second-order valence-corrected chi connectivity index (χ2v) is 14.9. The van der Waals surface area contributed by atoms with E-state index in [0.717, 1.165) is 18.6 Å². The SMILES string of the molecule is CCCCCC(OCCOCCOCCOCCOCCOCCOCCOCCOCCOCCOCCOCCOCCO)c1ccc(C(F)(F)C(F)(F)C(F)(F)C(F)(F)C(F)(F)C(F)(F)F)cc1. The normalized spacial score (nSPS) is 13.7. The van der Waals surface area contributed by atoms with E-state index in [1.54, 1.807) is 0 Å². The molecule has 0 aliphatic heterocycles. The number of hydrogen-bond donors (Lipinski definition) is 1. The molecule has 0 heterocycles. The third-order valence-electron chi connectivity index (χ3n) is 9.52. The number of aliphatic hydroxyl groups is 1. The van der Waals surface area contributed by atoms with Gasteiger partial charge in [0, 0.05) is 5.56 Å². The third kappa shape index (κ3) is 25.2. The van der Waals surface area contributed by atoms with E-state index < -0.39 is 47.5 Å². The van der Waals surface area contributed by atoms with Crippen LogP contribution in [0.2, 0.25) is 0 Å². The summed E-state index contributed by atoms with van der Waals surface area (Å²) in [7, 11) is 0. The summed E-state index contributed by atoms with van der Waals surface area (Å²) in [6, 6.07) is 1.73. The summed E-state index contributed by atoms with van der Waals surface area (Å²) in [5.74, 6) is -37.4. The summed E-state index contributed by atoms with van der Waals surface area (Å²) in [5.41, 5.74) is -2.00. The van der Waals surface area contributed by atoms with Crippen LogP contribution in [0.15, 0.2) is 24.3 Å². The van der Waals surface area contributed by atoms with Gasteiger partial charge in [0.2, 0.25) is 0 Å². The molecule has 27 heteroatoms. The molecule has 1 aromatic carbocycles. The molecule has 1 unspecified atom stereocenters. The van der Waals surface area contributed by atoms with Crippen LogP contribution in [0.25, 0.3) is 0 Å². The van der Waals surface area contributed by atoms with Crippen LogP contribution in [0.4, 0.5) is 57.1 Å². The molecule has 71 heavy (non-hydrogen) atoms. The molecule has 0 fully saturated rings. The molecule has 1 atom stereocenters. The first kappa shape index (κ1) is 66.8. The maximum atomic E-state index is 14.7. The van der Waals surface area contributed by atoms with Gasteiger partial charge in [-0.3, -0.25) is 0 Å². The molecule has 0 amide bonds. The molecule has 0 aromatic heterocycles. The predicted octanol–water partition coefficient (Wildman–Crippen LogP) is 7.71. The van der Waals surface area contributed by atoms with E-state index in [2.05, 4.69) is 0 Å². The van der Waals surface area contributed by atoms with E-state index in [4.69, 9.17) is 66.7 Å². The number of rotatable bonds is 49. The van der Waals surface area contributed by atoms with Gasteiger partial charge in [-0.05, 0) is 12.0 Å². The summed E-state index contributed by atoms with van der Waals surface area (Å²) in [6.45, 7) is 10.3. The predicted molar refractivity (Wildman–Crippen MR) is 226 cm³/mol. The quantitative estimate of drug-likeness (QED) is 0.0504. The Kier molecular flexibility index (Phi) is 35.2. The summed E-state index contributed by atoms with van der Waals surface area (Å²) < 4.78 is 248. The van der Waals surface area contributed by atoms with Gasteiger partial charge in [0.05, 0.1) is 178 Å². The average Bonchev–Trinajstić information content (AvgIpc) is 3.32. The molecular formula is C44H69F13O14. The Morgan fingerprint density at radius 1 is 0.366 bits per heavy atom. The van der Waals surface area contributed by atoms with Gasteiger partial charge in [0.15, 0.2) is 0 Å². The molecule has 0 bridgehead atoms. The zero-order valence-corrected chi connectivity index (χ0v) is 39.8. The molecule has 0 aliphatic rings. The van der Waals surface area contributed by atoms with Crippen LogP contribution < -0.4 is 0 Å². The molecule has 14 nitrogen and oxygen atoms in total. The van der Waals surface area contributed by atoms with E-state index in [9.17, 15) is 57.1 Å². The Morgan fingerprint density at radius 2 is 0.648 bits per heavy atom. The van der Waals surface area contributed by atoms with Crippen molar-refractivity contribution in [3.8, 4) is 0 Å². The van der Waals surface area contributed by atoms with Crippen molar-refractivity contribution in [1.82, 2.24) is 0 Å². The first-order chi connectivity index (χ1) is 33.7. The van der Waals surface area contributed by atoms with Crippen LogP contribution in [0.1, 0.15) is 49.8 Å². The molecule has 420 valence electrons. The lowest BCUT2D eigenvalue weighted by atomic mass is 9.90. The lowest BCUT2D eigenvalue weighted by Crippen LogP contribution is -2.69. The topological polar surface area (TPSA) is 140 Å². The number of unbranched alkanes of at least 4 members (excludes halogenated alkanes) is 2. The highest BCUT2D eigenvalue weighted by Gasteiger charge is 2.90. The largest absolute Gasteiger partial charge is 0.460 e. The second kappa shape index (κ2) is 37.5. The first-order valence-corrected chi connectivity index (χ1v) is 23.0. The van der Waals surface area contributed by atoms with Crippen LogP contribution in [0.5, 0.6) is 0 Å². The zero-order valence-electron chi connectivity index (χ0n) is 39.8. The fourth-order valence-electron chi connectivity index (χ4n) is 5.62. The second-order valence-electron chi connectivity index (χ2n) is 14.9. The fraction of sp³-hybridized carbons (Fsp3) is 0.864. The number of hydrogen-bond acceptors (Lipinski definition) is 14. The Balaban J connectivity index is 2.10. The lowest BCUT2D eigenvalue weighted by molar-refractivity contribution is -0.441. The summed E-state index contributed by atoms with van der Waals surface area (Å²) >= 11 is 0. The highest BCUT2D eigenvalue weighted by molar-refractivity contribution is 5.30. The minimum absolute atomic E-state index is 0.0106. The highest BCUT2D eigenvalue weighted by Crippen LogP contribution is 2.62. The minimum atomic E-state index is -7.97. The van der Waals surface area contributed by atoms with Crippen molar-refractivity contribution in [3.05, 3.63) is 35.4 Å². The summed E-state index contributed by atoms with van der Waals surface area (Å²) in [4.78, 5) is 0. The molecule has 1 N–H and O–H groups in total. The maximum Gasteiger partial charge on any atom is 0.460 e. The smallest absolute Gasteiger partial charge is 0.394 e. The van der Waals surface area contributed by atoms with E-state index in [-0.39, 0.29) is 70.4 Å². The number of halogens is 13. The lowest BCUT2D eigenvalue weighted by Gasteiger charge is -2.39. The van der Waals surface area contributed by atoms with Crippen LogP contribution >= 0.6 is 0 Å². The monoisotopic (exact) mass is 1070 g/mol. The summed E-state index contributed by atoms with van der Waals surface area (Å²) in [5, 5.41) is 8.59. The first-order valence-electron chi connectivity index (χ1n) is 23.0. The van der Waals surface area contributed by atoms with Crippen molar-refractivity contribution in [2.24, 2.45) is 0 Å². The summed E-state index contributed by atoms with van der Waals surface area (Å²) in [6.07, 6.45) is -6.15.